The quantitative estimate of drug-likeness (QED) is 0.459. The summed E-state index contributed by atoms with van der Waals surface area (Å²) in [5.41, 5.74) is 0.0188. The van der Waals surface area contributed by atoms with Crippen molar-refractivity contribution in [3.63, 3.8) is 0 Å². The normalized spacial score (nSPS) is 16.7. The highest BCUT2D eigenvalue weighted by atomic mass is 16.6. The topological polar surface area (TPSA) is 63.4 Å². The fourth-order valence-electron chi connectivity index (χ4n) is 0.743. The molecule has 1 aliphatic carbocycles. The highest BCUT2D eigenvalue weighted by Gasteiger charge is 2.06. The van der Waals surface area contributed by atoms with Crippen molar-refractivity contribution in [3.8, 4) is 0 Å². The van der Waals surface area contributed by atoms with Crippen LogP contribution >= 0.6 is 0 Å². The SMILES string of the molecule is O=[N+]([O-])C1=CCC=C(O)C=C1. The van der Waals surface area contributed by atoms with E-state index in [0.717, 1.165) is 0 Å². The van der Waals surface area contributed by atoms with Gasteiger partial charge < -0.3 is 5.11 Å². The minimum atomic E-state index is -0.483. The van der Waals surface area contributed by atoms with Crippen molar-refractivity contribution < 1.29 is 10.0 Å². The van der Waals surface area contributed by atoms with Gasteiger partial charge in [-0.1, -0.05) is 0 Å². The Morgan fingerprint density at radius 2 is 2.18 bits per heavy atom. The van der Waals surface area contributed by atoms with Gasteiger partial charge in [-0.05, 0) is 24.6 Å². The number of aliphatic hydroxyl groups excluding tert-OH is 1. The number of nitro groups is 1. The van der Waals surface area contributed by atoms with Crippen LogP contribution in [0, 0.1) is 10.1 Å². The Bertz CT molecular complexity index is 263. The first-order valence-corrected chi connectivity index (χ1v) is 3.12. The van der Waals surface area contributed by atoms with Gasteiger partial charge in [0.2, 0.25) is 0 Å². The molecule has 58 valence electrons. The van der Waals surface area contributed by atoms with Crippen molar-refractivity contribution in [1.82, 2.24) is 0 Å². The summed E-state index contributed by atoms with van der Waals surface area (Å²) in [7, 11) is 0. The van der Waals surface area contributed by atoms with Crippen molar-refractivity contribution in [1.29, 1.82) is 0 Å². The zero-order chi connectivity index (χ0) is 8.27. The maximum atomic E-state index is 10.2. The van der Waals surface area contributed by atoms with Gasteiger partial charge in [0.15, 0.2) is 0 Å². The lowest BCUT2D eigenvalue weighted by molar-refractivity contribution is -0.419. The molecule has 0 saturated heterocycles. The molecule has 0 amide bonds. The largest absolute Gasteiger partial charge is 0.508 e. The first-order valence-electron chi connectivity index (χ1n) is 3.12. The average Bonchev–Trinajstić information content (AvgIpc) is 2.13. The molecule has 0 heterocycles. The number of rotatable bonds is 1. The van der Waals surface area contributed by atoms with E-state index in [1.54, 1.807) is 0 Å². The second-order valence-corrected chi connectivity index (χ2v) is 2.08. The van der Waals surface area contributed by atoms with E-state index < -0.39 is 4.92 Å². The summed E-state index contributed by atoms with van der Waals surface area (Å²) in [6.45, 7) is 0. The van der Waals surface area contributed by atoms with Crippen molar-refractivity contribution in [3.05, 3.63) is 45.9 Å². The molecule has 0 saturated carbocycles. The third-order valence-corrected chi connectivity index (χ3v) is 1.29. The Morgan fingerprint density at radius 3 is 2.82 bits per heavy atom. The molecule has 0 radical (unpaired) electrons. The molecule has 0 spiro atoms. The summed E-state index contributed by atoms with van der Waals surface area (Å²) in [6.07, 6.45) is 5.93. The fourth-order valence-corrected chi connectivity index (χ4v) is 0.743. The molecule has 1 rings (SSSR count). The van der Waals surface area contributed by atoms with Gasteiger partial charge in [-0.15, -0.1) is 0 Å². The number of hydrogen-bond acceptors (Lipinski definition) is 3. The number of aliphatic hydroxyl groups is 1. The Balaban J connectivity index is 2.82. The fraction of sp³-hybridized carbons (Fsp3) is 0.143. The van der Waals surface area contributed by atoms with E-state index in [-0.39, 0.29) is 11.5 Å². The van der Waals surface area contributed by atoms with Crippen LogP contribution in [0.5, 0.6) is 0 Å². The van der Waals surface area contributed by atoms with Gasteiger partial charge in [0.05, 0.1) is 4.92 Å². The lowest BCUT2D eigenvalue weighted by atomic mass is 10.3. The summed E-state index contributed by atoms with van der Waals surface area (Å²) in [4.78, 5) is 9.71. The van der Waals surface area contributed by atoms with Gasteiger partial charge in [0.25, 0.3) is 5.70 Å². The average molecular weight is 153 g/mol. The molecular weight excluding hydrogens is 146 g/mol. The van der Waals surface area contributed by atoms with Gasteiger partial charge in [-0.2, -0.15) is 0 Å². The lowest BCUT2D eigenvalue weighted by Crippen LogP contribution is -1.93. The van der Waals surface area contributed by atoms with E-state index in [0.29, 0.717) is 6.42 Å². The van der Waals surface area contributed by atoms with E-state index in [4.69, 9.17) is 5.11 Å². The Morgan fingerprint density at radius 1 is 1.45 bits per heavy atom. The summed E-state index contributed by atoms with van der Waals surface area (Å²) in [5.74, 6) is 0.0677. The summed E-state index contributed by atoms with van der Waals surface area (Å²) >= 11 is 0. The zero-order valence-electron chi connectivity index (χ0n) is 5.73. The van der Waals surface area contributed by atoms with Crippen LogP contribution in [-0.2, 0) is 0 Å². The first kappa shape index (κ1) is 7.53. The van der Waals surface area contributed by atoms with Crippen LogP contribution in [0.15, 0.2) is 35.8 Å². The van der Waals surface area contributed by atoms with E-state index in [2.05, 4.69) is 0 Å². The Hall–Kier alpha value is -1.58. The summed E-state index contributed by atoms with van der Waals surface area (Å²) < 4.78 is 0. The van der Waals surface area contributed by atoms with Crippen LogP contribution in [0.4, 0.5) is 0 Å². The molecule has 0 atom stereocenters. The minimum absolute atomic E-state index is 0.0188. The molecule has 1 N–H and O–H groups in total. The molecule has 0 aromatic carbocycles. The number of nitrogens with zero attached hydrogens (tertiary/aromatic N) is 1. The van der Waals surface area contributed by atoms with Crippen LogP contribution in [0.3, 0.4) is 0 Å². The molecular formula is C7H7NO3. The van der Waals surface area contributed by atoms with Crippen LogP contribution < -0.4 is 0 Å². The number of allylic oxidation sites excluding steroid dienone is 4. The van der Waals surface area contributed by atoms with Crippen LogP contribution in [0.2, 0.25) is 0 Å². The van der Waals surface area contributed by atoms with Gasteiger partial charge in [-0.3, -0.25) is 10.1 Å². The molecule has 4 heteroatoms. The first-order chi connectivity index (χ1) is 5.20. The smallest absolute Gasteiger partial charge is 0.265 e. The number of hydrogen-bond donors (Lipinski definition) is 1. The summed E-state index contributed by atoms with van der Waals surface area (Å²) in [6, 6.07) is 0. The molecule has 0 fully saturated rings. The lowest BCUT2D eigenvalue weighted by Gasteiger charge is -1.86. The molecule has 0 aromatic rings. The molecule has 0 bridgehead atoms. The van der Waals surface area contributed by atoms with Gasteiger partial charge in [0, 0.05) is 6.08 Å². The zero-order valence-corrected chi connectivity index (χ0v) is 5.73. The molecule has 1 aliphatic rings. The minimum Gasteiger partial charge on any atom is -0.508 e. The maximum Gasteiger partial charge on any atom is 0.265 e. The van der Waals surface area contributed by atoms with Gasteiger partial charge >= 0.3 is 0 Å². The monoisotopic (exact) mass is 153 g/mol. The second-order valence-electron chi connectivity index (χ2n) is 2.08. The molecule has 0 unspecified atom stereocenters. The third-order valence-electron chi connectivity index (χ3n) is 1.29. The van der Waals surface area contributed by atoms with Crippen molar-refractivity contribution >= 4 is 0 Å². The van der Waals surface area contributed by atoms with E-state index >= 15 is 0 Å². The third kappa shape index (κ3) is 1.93. The maximum absolute atomic E-state index is 10.2. The molecule has 11 heavy (non-hydrogen) atoms. The van der Waals surface area contributed by atoms with Crippen molar-refractivity contribution in [2.24, 2.45) is 0 Å². The van der Waals surface area contributed by atoms with E-state index in [1.807, 2.05) is 0 Å². The van der Waals surface area contributed by atoms with Crippen molar-refractivity contribution in [2.75, 3.05) is 0 Å². The highest BCUT2D eigenvalue weighted by Crippen LogP contribution is 2.08. The van der Waals surface area contributed by atoms with Gasteiger partial charge in [-0.25, -0.2) is 0 Å². The molecule has 4 nitrogen and oxygen atoms in total. The van der Waals surface area contributed by atoms with Gasteiger partial charge in [0.1, 0.15) is 5.76 Å². The van der Waals surface area contributed by atoms with E-state index in [1.165, 1.54) is 24.3 Å². The molecule has 0 aromatic heterocycles. The van der Waals surface area contributed by atoms with Crippen LogP contribution in [-0.4, -0.2) is 10.0 Å². The molecule has 0 aliphatic heterocycles. The van der Waals surface area contributed by atoms with E-state index in [9.17, 15) is 10.1 Å². The summed E-state index contributed by atoms with van der Waals surface area (Å²) in [5, 5.41) is 19.1. The predicted molar refractivity (Wildman–Crippen MR) is 39.5 cm³/mol. The van der Waals surface area contributed by atoms with Crippen LogP contribution in [0.1, 0.15) is 6.42 Å². The Labute approximate surface area is 63.3 Å². The highest BCUT2D eigenvalue weighted by molar-refractivity contribution is 5.24. The Kier molecular flexibility index (Phi) is 2.06. The predicted octanol–water partition coefficient (Wildman–Crippen LogP) is 1.55. The van der Waals surface area contributed by atoms with Crippen molar-refractivity contribution in [2.45, 2.75) is 6.42 Å². The second kappa shape index (κ2) is 3.01. The standard InChI is InChI=1S/C7H7NO3/c9-7-3-1-2-6(4-5-7)8(10)11/h2-5,9H,1H2. The van der Waals surface area contributed by atoms with Crippen LogP contribution in [0.25, 0.3) is 0 Å².